The molecule has 0 radical (unpaired) electrons. The zero-order valence-corrected chi connectivity index (χ0v) is 13.0. The molecule has 0 spiro atoms. The van der Waals surface area contributed by atoms with Gasteiger partial charge in [0.1, 0.15) is 22.9 Å². The van der Waals surface area contributed by atoms with E-state index in [-0.39, 0.29) is 11.1 Å². The fraction of sp³-hybridized carbons (Fsp3) is 0.267. The van der Waals surface area contributed by atoms with Crippen molar-refractivity contribution in [1.29, 1.82) is 0 Å². The Morgan fingerprint density at radius 1 is 1.43 bits per heavy atom. The van der Waals surface area contributed by atoms with Crippen LogP contribution in [0.5, 0.6) is 0 Å². The summed E-state index contributed by atoms with van der Waals surface area (Å²) in [6.45, 7) is 1.85. The third-order valence-electron chi connectivity index (χ3n) is 3.66. The summed E-state index contributed by atoms with van der Waals surface area (Å²) in [5, 5.41) is 22.7. The number of non-ortho nitro benzene ring substituents is 1. The molecule has 2 aromatic rings. The lowest BCUT2D eigenvalue weighted by Crippen LogP contribution is -2.33. The van der Waals surface area contributed by atoms with Crippen LogP contribution < -0.4 is 5.32 Å². The van der Waals surface area contributed by atoms with Crippen molar-refractivity contribution in [2.75, 3.05) is 5.75 Å². The summed E-state index contributed by atoms with van der Waals surface area (Å²) in [6, 6.07) is 7.53. The highest BCUT2D eigenvalue weighted by atomic mass is 32.2. The number of nitrogens with one attached hydrogen (secondary N) is 1. The molecule has 0 bridgehead atoms. The van der Waals surface area contributed by atoms with Gasteiger partial charge in [0.05, 0.1) is 4.92 Å². The second-order valence-electron chi connectivity index (χ2n) is 5.23. The van der Waals surface area contributed by atoms with E-state index >= 15 is 0 Å². The van der Waals surface area contributed by atoms with E-state index in [1.807, 2.05) is 6.92 Å². The van der Waals surface area contributed by atoms with Gasteiger partial charge in [0, 0.05) is 23.4 Å². The van der Waals surface area contributed by atoms with Gasteiger partial charge in [0.25, 0.3) is 5.69 Å². The first-order valence-corrected chi connectivity index (χ1v) is 7.96. The first kappa shape index (κ1) is 15.6. The Morgan fingerprint density at radius 2 is 2.22 bits per heavy atom. The minimum absolute atomic E-state index is 0.00265. The molecule has 1 aromatic carbocycles. The van der Waals surface area contributed by atoms with Crippen molar-refractivity contribution in [3.8, 4) is 11.3 Å². The molecule has 1 aliphatic rings. The number of aliphatic carboxylic acids is 1. The molecule has 8 heteroatoms. The van der Waals surface area contributed by atoms with Crippen molar-refractivity contribution >= 4 is 23.4 Å². The predicted octanol–water partition coefficient (Wildman–Crippen LogP) is 2.95. The average Bonchev–Trinajstić information content (AvgIpc) is 3.16. The minimum atomic E-state index is -0.888. The van der Waals surface area contributed by atoms with Gasteiger partial charge in [-0.2, -0.15) is 0 Å². The number of benzene rings is 1. The van der Waals surface area contributed by atoms with E-state index in [9.17, 15) is 14.9 Å². The van der Waals surface area contributed by atoms with Crippen LogP contribution >= 0.6 is 11.8 Å². The van der Waals surface area contributed by atoms with Crippen molar-refractivity contribution in [2.45, 2.75) is 18.3 Å². The summed E-state index contributed by atoms with van der Waals surface area (Å²) < 4.78 is 5.80. The molecule has 2 N–H and O–H groups in total. The molecule has 2 heterocycles. The monoisotopic (exact) mass is 334 g/mol. The summed E-state index contributed by atoms with van der Waals surface area (Å²) in [5.41, 5.74) is 1.53. The van der Waals surface area contributed by atoms with Crippen LogP contribution in [-0.4, -0.2) is 27.8 Å². The molecule has 0 amide bonds. The van der Waals surface area contributed by atoms with Crippen LogP contribution in [0, 0.1) is 17.0 Å². The normalized spacial score (nSPS) is 20.6. The number of aryl methyl sites for hydroxylation is 1. The van der Waals surface area contributed by atoms with Crippen LogP contribution in [0.25, 0.3) is 11.3 Å². The molecule has 1 aliphatic heterocycles. The highest BCUT2D eigenvalue weighted by Crippen LogP contribution is 2.37. The van der Waals surface area contributed by atoms with Crippen LogP contribution in [0.4, 0.5) is 5.69 Å². The van der Waals surface area contributed by atoms with Crippen molar-refractivity contribution in [2.24, 2.45) is 0 Å². The third-order valence-corrected chi connectivity index (χ3v) is 4.89. The second kappa shape index (κ2) is 6.05. The highest BCUT2D eigenvalue weighted by Gasteiger charge is 2.32. The summed E-state index contributed by atoms with van der Waals surface area (Å²) >= 11 is 1.46. The zero-order chi connectivity index (χ0) is 16.6. The molecule has 0 unspecified atom stereocenters. The first-order chi connectivity index (χ1) is 11.0. The van der Waals surface area contributed by atoms with Gasteiger partial charge in [0.15, 0.2) is 0 Å². The van der Waals surface area contributed by atoms with E-state index in [0.29, 0.717) is 22.8 Å². The number of carbonyl (C=O) groups is 1. The maximum absolute atomic E-state index is 11.0. The van der Waals surface area contributed by atoms with E-state index in [1.165, 1.54) is 23.9 Å². The molecular formula is C15H14N2O5S. The topological polar surface area (TPSA) is 106 Å². The van der Waals surface area contributed by atoms with Crippen LogP contribution in [0.15, 0.2) is 34.7 Å². The van der Waals surface area contributed by atoms with Gasteiger partial charge >= 0.3 is 5.97 Å². The van der Waals surface area contributed by atoms with Crippen LogP contribution in [0.2, 0.25) is 0 Å². The van der Waals surface area contributed by atoms with Gasteiger partial charge in [0.2, 0.25) is 0 Å². The Hall–Kier alpha value is -2.32. The predicted molar refractivity (Wildman–Crippen MR) is 85.3 cm³/mol. The Balaban J connectivity index is 1.87. The number of hydrogen-bond acceptors (Lipinski definition) is 6. The summed E-state index contributed by atoms with van der Waals surface area (Å²) in [4.78, 5) is 21.5. The molecule has 0 saturated carbocycles. The average molecular weight is 334 g/mol. The van der Waals surface area contributed by atoms with Crippen molar-refractivity contribution in [3.05, 3.63) is 51.8 Å². The van der Waals surface area contributed by atoms with Gasteiger partial charge < -0.3 is 9.52 Å². The van der Waals surface area contributed by atoms with Crippen LogP contribution in [0.3, 0.4) is 0 Å². The molecule has 1 saturated heterocycles. The summed E-state index contributed by atoms with van der Waals surface area (Å²) in [5.74, 6) is 0.717. The lowest BCUT2D eigenvalue weighted by molar-refractivity contribution is -0.384. The van der Waals surface area contributed by atoms with Gasteiger partial charge in [-0.3, -0.25) is 20.2 Å². The molecular weight excluding hydrogens is 320 g/mol. The van der Waals surface area contributed by atoms with Gasteiger partial charge in [-0.25, -0.2) is 0 Å². The fourth-order valence-corrected chi connectivity index (χ4v) is 3.58. The van der Waals surface area contributed by atoms with Crippen LogP contribution in [-0.2, 0) is 4.79 Å². The van der Waals surface area contributed by atoms with Gasteiger partial charge in [-0.15, -0.1) is 11.8 Å². The number of carboxylic acid groups (broad SMARTS) is 1. The number of hydrogen-bond donors (Lipinski definition) is 2. The molecule has 0 aliphatic carbocycles. The molecule has 7 nitrogen and oxygen atoms in total. The number of furan rings is 1. The Kier molecular flexibility index (Phi) is 4.10. The van der Waals surface area contributed by atoms with Crippen molar-refractivity contribution < 1.29 is 19.2 Å². The van der Waals surface area contributed by atoms with Gasteiger partial charge in [-0.05, 0) is 24.6 Å². The lowest BCUT2D eigenvalue weighted by Gasteiger charge is -2.08. The smallest absolute Gasteiger partial charge is 0.321 e. The third kappa shape index (κ3) is 3.08. The van der Waals surface area contributed by atoms with E-state index in [2.05, 4.69) is 5.32 Å². The van der Waals surface area contributed by atoms with E-state index in [1.54, 1.807) is 18.2 Å². The SMILES string of the molecule is Cc1ccc([N+](=O)[O-])cc1-c1ccc([C@H]2N[C@@H](C(=O)O)CS2)o1. The number of carboxylic acids is 1. The molecule has 23 heavy (non-hydrogen) atoms. The number of thioether (sulfide) groups is 1. The largest absolute Gasteiger partial charge is 0.480 e. The van der Waals surface area contributed by atoms with Crippen LogP contribution in [0.1, 0.15) is 16.7 Å². The second-order valence-corrected chi connectivity index (χ2v) is 6.37. The maximum atomic E-state index is 11.0. The van der Waals surface area contributed by atoms with Crippen molar-refractivity contribution in [1.82, 2.24) is 5.32 Å². The number of rotatable bonds is 4. The Bertz CT molecular complexity index is 773. The fourth-order valence-electron chi connectivity index (χ4n) is 2.41. The zero-order valence-electron chi connectivity index (χ0n) is 12.2. The summed E-state index contributed by atoms with van der Waals surface area (Å²) in [7, 11) is 0. The lowest BCUT2D eigenvalue weighted by atomic mass is 10.1. The molecule has 3 rings (SSSR count). The van der Waals surface area contributed by atoms with Gasteiger partial charge in [-0.1, -0.05) is 6.07 Å². The Labute approximate surface area is 135 Å². The number of nitro benzene ring substituents is 1. The first-order valence-electron chi connectivity index (χ1n) is 6.91. The minimum Gasteiger partial charge on any atom is -0.480 e. The molecule has 1 fully saturated rings. The molecule has 2 atom stereocenters. The van der Waals surface area contributed by atoms with E-state index in [0.717, 1.165) is 5.56 Å². The molecule has 120 valence electrons. The highest BCUT2D eigenvalue weighted by molar-refractivity contribution is 7.99. The maximum Gasteiger partial charge on any atom is 0.321 e. The quantitative estimate of drug-likeness (QED) is 0.654. The number of nitrogens with zero attached hydrogens (tertiary/aromatic N) is 1. The number of nitro groups is 1. The van der Waals surface area contributed by atoms with E-state index < -0.39 is 16.9 Å². The van der Waals surface area contributed by atoms with Crippen molar-refractivity contribution in [3.63, 3.8) is 0 Å². The van der Waals surface area contributed by atoms with E-state index in [4.69, 9.17) is 9.52 Å². The summed E-state index contributed by atoms with van der Waals surface area (Å²) in [6.07, 6.45) is 0. The standard InChI is InChI=1S/C15H14N2O5S/c1-8-2-3-9(17(20)21)6-10(8)12-4-5-13(22-12)14-16-11(7-23-14)15(18)19/h2-6,11,14,16H,7H2,1H3,(H,18,19)/t11-,14+/m1/s1. The Morgan fingerprint density at radius 3 is 2.87 bits per heavy atom. The molecule has 1 aromatic heterocycles.